The molecule has 2 aromatic rings. The Balaban J connectivity index is 1.40. The van der Waals surface area contributed by atoms with E-state index in [4.69, 9.17) is 4.74 Å². The predicted molar refractivity (Wildman–Crippen MR) is 120 cm³/mol. The summed E-state index contributed by atoms with van der Waals surface area (Å²) in [6, 6.07) is 11.9. The van der Waals surface area contributed by atoms with Crippen LogP contribution in [0.3, 0.4) is 0 Å². The Labute approximate surface area is 194 Å². The van der Waals surface area contributed by atoms with Gasteiger partial charge in [0.05, 0.1) is 18.2 Å². The lowest BCUT2D eigenvalue weighted by molar-refractivity contribution is -0.137. The van der Waals surface area contributed by atoms with E-state index >= 15 is 0 Å². The fourth-order valence-electron chi connectivity index (χ4n) is 4.44. The highest BCUT2D eigenvalue weighted by atomic mass is 19.4. The molecule has 2 aliphatic rings. The summed E-state index contributed by atoms with van der Waals surface area (Å²) < 4.78 is 59.2. The average molecular weight is 479 g/mol. The second-order valence-corrected chi connectivity index (χ2v) is 8.56. The van der Waals surface area contributed by atoms with E-state index < -0.39 is 36.2 Å². The molecule has 0 unspecified atom stereocenters. The molecule has 0 amide bonds. The van der Waals surface area contributed by atoms with Crippen LogP contribution in [0.1, 0.15) is 26.2 Å². The Bertz CT molecular complexity index is 1030. The summed E-state index contributed by atoms with van der Waals surface area (Å²) in [4.78, 5) is 13.4. The minimum absolute atomic E-state index is 0.0241. The van der Waals surface area contributed by atoms with E-state index in [9.17, 15) is 27.5 Å². The number of nitrogens with zero attached hydrogens (tertiary/aromatic N) is 3. The van der Waals surface area contributed by atoms with Gasteiger partial charge in [0.2, 0.25) is 0 Å². The number of carbonyl (C=O) groups is 1. The smallest absolute Gasteiger partial charge is 0.431 e. The predicted octanol–water partition coefficient (Wildman–Crippen LogP) is 5.09. The molecule has 2 aromatic carbocycles. The zero-order valence-electron chi connectivity index (χ0n) is 18.5. The molecule has 2 atom stereocenters. The number of halogens is 4. The highest BCUT2D eigenvalue weighted by Crippen LogP contribution is 2.37. The van der Waals surface area contributed by atoms with Crippen molar-refractivity contribution in [3.63, 3.8) is 0 Å². The number of aliphatic carboxylic acids is 1. The first-order valence-corrected chi connectivity index (χ1v) is 11.1. The van der Waals surface area contributed by atoms with Gasteiger partial charge in [-0.25, -0.2) is 4.39 Å². The molecule has 34 heavy (non-hydrogen) atoms. The lowest BCUT2D eigenvalue weighted by atomic mass is 9.94. The molecular formula is C24H25F4N3O3. The average Bonchev–Trinajstić information content (AvgIpc) is 3.11. The molecule has 4 rings (SSSR count). The molecule has 0 aromatic heterocycles. The van der Waals surface area contributed by atoms with Gasteiger partial charge in [-0.05, 0) is 48.5 Å². The number of hydrazone groups is 1. The van der Waals surface area contributed by atoms with Crippen LogP contribution < -0.4 is 14.6 Å². The van der Waals surface area contributed by atoms with Crippen LogP contribution in [0.25, 0.3) is 0 Å². The van der Waals surface area contributed by atoms with Crippen molar-refractivity contribution >= 4 is 23.1 Å². The minimum Gasteiger partial charge on any atom is -0.490 e. The lowest BCUT2D eigenvalue weighted by Gasteiger charge is -2.33. The molecule has 2 aliphatic heterocycles. The Morgan fingerprint density at radius 1 is 1.06 bits per heavy atom. The molecule has 1 fully saturated rings. The molecule has 1 N–H and O–H groups in total. The fraction of sp³-hybridized carbons (Fsp3) is 0.417. The first-order valence-electron chi connectivity index (χ1n) is 11.1. The summed E-state index contributed by atoms with van der Waals surface area (Å²) in [5, 5.41) is 14.0. The zero-order valence-corrected chi connectivity index (χ0v) is 18.5. The molecule has 0 bridgehead atoms. The van der Waals surface area contributed by atoms with Gasteiger partial charge in [0, 0.05) is 37.5 Å². The summed E-state index contributed by atoms with van der Waals surface area (Å²) in [5.74, 6) is -1.96. The SMILES string of the molecule is C[C@@H]1C(C(F)(F)F)=NN(c2ccc(OC3CCN(c4ccc(F)cc4)CC3)cc2)[C@H]1CC(=O)O. The second-order valence-electron chi connectivity index (χ2n) is 8.56. The summed E-state index contributed by atoms with van der Waals surface area (Å²) in [5.41, 5.74) is 0.349. The Hall–Kier alpha value is -3.30. The van der Waals surface area contributed by atoms with Crippen molar-refractivity contribution in [3.05, 3.63) is 54.3 Å². The third kappa shape index (κ3) is 5.26. The maximum Gasteiger partial charge on any atom is 0.431 e. The van der Waals surface area contributed by atoms with Crippen LogP contribution >= 0.6 is 0 Å². The molecular weight excluding hydrogens is 454 g/mol. The van der Waals surface area contributed by atoms with Crippen LogP contribution in [0, 0.1) is 11.7 Å². The van der Waals surface area contributed by atoms with Crippen LogP contribution in [-0.4, -0.2) is 48.2 Å². The number of carboxylic acid groups (broad SMARTS) is 1. The maximum atomic E-state index is 13.3. The third-order valence-corrected chi connectivity index (χ3v) is 6.25. The topological polar surface area (TPSA) is 65.4 Å². The van der Waals surface area contributed by atoms with Gasteiger partial charge >= 0.3 is 12.1 Å². The monoisotopic (exact) mass is 479 g/mol. The number of benzene rings is 2. The number of hydrogen-bond acceptors (Lipinski definition) is 5. The summed E-state index contributed by atoms with van der Waals surface area (Å²) in [6.07, 6.45) is -3.58. The summed E-state index contributed by atoms with van der Waals surface area (Å²) >= 11 is 0. The Morgan fingerprint density at radius 2 is 1.65 bits per heavy atom. The lowest BCUT2D eigenvalue weighted by Crippen LogP contribution is -2.38. The first-order chi connectivity index (χ1) is 16.1. The van der Waals surface area contributed by atoms with Gasteiger partial charge in [-0.2, -0.15) is 18.3 Å². The number of carboxylic acids is 1. The quantitative estimate of drug-likeness (QED) is 0.585. The standard InChI is InChI=1S/C24H25F4N3O3/c1-15-21(14-22(32)33)31(29-23(15)24(26,27)28)18-6-8-19(9-7-18)34-20-10-12-30(13-11-20)17-4-2-16(25)3-5-17/h2-9,15,20-21H,10-14H2,1H3,(H,32,33)/t15-,21-/m0/s1. The third-order valence-electron chi connectivity index (χ3n) is 6.25. The fourth-order valence-corrected chi connectivity index (χ4v) is 4.44. The molecule has 0 saturated carbocycles. The largest absolute Gasteiger partial charge is 0.490 e. The van der Waals surface area contributed by atoms with Crippen LogP contribution in [0.15, 0.2) is 53.6 Å². The van der Waals surface area contributed by atoms with Crippen LogP contribution in [0.2, 0.25) is 0 Å². The summed E-state index contributed by atoms with van der Waals surface area (Å²) in [7, 11) is 0. The van der Waals surface area contributed by atoms with Crippen molar-refractivity contribution in [2.45, 2.75) is 44.5 Å². The highest BCUT2D eigenvalue weighted by Gasteiger charge is 2.48. The van der Waals surface area contributed by atoms with Crippen LogP contribution in [-0.2, 0) is 4.79 Å². The van der Waals surface area contributed by atoms with Crippen molar-refractivity contribution in [2.24, 2.45) is 11.0 Å². The summed E-state index contributed by atoms with van der Waals surface area (Å²) in [6.45, 7) is 2.85. The van der Waals surface area contributed by atoms with E-state index in [-0.39, 0.29) is 11.9 Å². The van der Waals surface area contributed by atoms with Crippen LogP contribution in [0.5, 0.6) is 5.75 Å². The number of ether oxygens (including phenoxy) is 1. The second kappa shape index (κ2) is 9.52. The van der Waals surface area contributed by atoms with Crippen molar-refractivity contribution in [3.8, 4) is 5.75 Å². The number of alkyl halides is 3. The van der Waals surface area contributed by atoms with Gasteiger partial charge in [-0.15, -0.1) is 0 Å². The first kappa shape index (κ1) is 23.8. The molecule has 182 valence electrons. The number of anilines is 2. The normalized spacial score (nSPS) is 21.5. The Morgan fingerprint density at radius 3 is 2.21 bits per heavy atom. The van der Waals surface area contributed by atoms with E-state index in [1.165, 1.54) is 19.1 Å². The molecule has 0 aliphatic carbocycles. The van der Waals surface area contributed by atoms with E-state index in [2.05, 4.69) is 10.0 Å². The minimum atomic E-state index is -4.63. The van der Waals surface area contributed by atoms with Gasteiger partial charge in [0.25, 0.3) is 0 Å². The van der Waals surface area contributed by atoms with Crippen molar-refractivity contribution in [1.29, 1.82) is 0 Å². The van der Waals surface area contributed by atoms with Crippen molar-refractivity contribution < 1.29 is 32.2 Å². The van der Waals surface area contributed by atoms with Crippen LogP contribution in [0.4, 0.5) is 28.9 Å². The van der Waals surface area contributed by atoms with Gasteiger partial charge in [0.15, 0.2) is 0 Å². The maximum absolute atomic E-state index is 13.3. The molecule has 0 radical (unpaired) electrons. The number of piperidine rings is 1. The highest BCUT2D eigenvalue weighted by molar-refractivity contribution is 5.95. The van der Waals surface area contributed by atoms with Gasteiger partial charge in [-0.1, -0.05) is 6.92 Å². The zero-order chi connectivity index (χ0) is 24.5. The Kier molecular flexibility index (Phi) is 6.67. The molecule has 6 nitrogen and oxygen atoms in total. The van der Waals surface area contributed by atoms with Gasteiger partial charge in [0.1, 0.15) is 23.4 Å². The van der Waals surface area contributed by atoms with Crippen molar-refractivity contribution in [2.75, 3.05) is 23.0 Å². The molecule has 0 spiro atoms. The van der Waals surface area contributed by atoms with E-state index in [0.717, 1.165) is 36.6 Å². The molecule has 1 saturated heterocycles. The van der Waals surface area contributed by atoms with E-state index in [1.54, 1.807) is 36.4 Å². The van der Waals surface area contributed by atoms with Gasteiger partial charge in [-0.3, -0.25) is 9.80 Å². The van der Waals surface area contributed by atoms with Crippen molar-refractivity contribution in [1.82, 2.24) is 0 Å². The van der Waals surface area contributed by atoms with Gasteiger partial charge < -0.3 is 14.7 Å². The number of rotatable bonds is 6. The number of hydrogen-bond donors (Lipinski definition) is 1. The van der Waals surface area contributed by atoms with E-state index in [1.807, 2.05) is 0 Å². The molecule has 10 heteroatoms. The van der Waals surface area contributed by atoms with E-state index in [0.29, 0.717) is 11.4 Å². The molecule has 2 heterocycles.